The van der Waals surface area contributed by atoms with E-state index in [1.54, 1.807) is 0 Å². The van der Waals surface area contributed by atoms with E-state index in [-0.39, 0.29) is 30.9 Å². The topological polar surface area (TPSA) is 35.5 Å². The zero-order valence-electron chi connectivity index (χ0n) is 12.4. The number of aryl methyl sites for hydroxylation is 1. The van der Waals surface area contributed by atoms with Crippen molar-refractivity contribution >= 4 is 40.7 Å². The largest absolute Gasteiger partial charge is 0.508 e. The fourth-order valence-electron chi connectivity index (χ4n) is 2.74. The molecule has 0 amide bonds. The first kappa shape index (κ1) is 20.7. The molecule has 1 heterocycles. The molecule has 6 heteroatoms. The fourth-order valence-corrected chi connectivity index (χ4v) is 3.06. The SMILES string of the molecule is C=C[C@H](c1c(O)cc(C)c(Br)c1C)N1CCNCC1.Cl.Cl. The minimum atomic E-state index is 0. The highest BCUT2D eigenvalue weighted by Gasteiger charge is 2.24. The number of hydrogen-bond donors (Lipinski definition) is 2. The number of hydrogen-bond acceptors (Lipinski definition) is 3. The highest BCUT2D eigenvalue weighted by molar-refractivity contribution is 9.10. The maximum atomic E-state index is 10.3. The minimum absolute atomic E-state index is 0. The van der Waals surface area contributed by atoms with Gasteiger partial charge in [0.05, 0.1) is 6.04 Å². The summed E-state index contributed by atoms with van der Waals surface area (Å²) in [5, 5.41) is 13.7. The Labute approximate surface area is 147 Å². The molecule has 1 saturated heterocycles. The van der Waals surface area contributed by atoms with Crippen LogP contribution < -0.4 is 5.32 Å². The van der Waals surface area contributed by atoms with E-state index in [9.17, 15) is 5.11 Å². The van der Waals surface area contributed by atoms with Crippen LogP contribution in [0.4, 0.5) is 0 Å². The number of nitrogens with one attached hydrogen (secondary N) is 1. The number of piperazine rings is 1. The van der Waals surface area contributed by atoms with E-state index in [2.05, 4.69) is 32.7 Å². The van der Waals surface area contributed by atoms with Gasteiger partial charge in [-0.2, -0.15) is 0 Å². The normalized spacial score (nSPS) is 16.5. The highest BCUT2D eigenvalue weighted by atomic mass is 79.9. The van der Waals surface area contributed by atoms with Crippen molar-refractivity contribution < 1.29 is 5.11 Å². The summed E-state index contributed by atoms with van der Waals surface area (Å²) in [7, 11) is 0. The molecule has 120 valence electrons. The van der Waals surface area contributed by atoms with Gasteiger partial charge in [-0.05, 0) is 31.0 Å². The Morgan fingerprint density at radius 2 is 1.90 bits per heavy atom. The molecule has 21 heavy (non-hydrogen) atoms. The number of benzene rings is 1. The number of phenols is 1. The lowest BCUT2D eigenvalue weighted by molar-refractivity contribution is 0.200. The first-order chi connectivity index (χ1) is 9.06. The van der Waals surface area contributed by atoms with E-state index in [0.717, 1.165) is 47.3 Å². The van der Waals surface area contributed by atoms with Gasteiger partial charge in [0.1, 0.15) is 5.75 Å². The van der Waals surface area contributed by atoms with Gasteiger partial charge in [0, 0.05) is 36.2 Å². The van der Waals surface area contributed by atoms with Gasteiger partial charge in [-0.25, -0.2) is 0 Å². The van der Waals surface area contributed by atoms with Crippen LogP contribution in [-0.2, 0) is 0 Å². The van der Waals surface area contributed by atoms with E-state index >= 15 is 0 Å². The maximum Gasteiger partial charge on any atom is 0.121 e. The van der Waals surface area contributed by atoms with Gasteiger partial charge in [-0.3, -0.25) is 4.90 Å². The predicted octanol–water partition coefficient (Wildman–Crippen LogP) is 3.75. The Morgan fingerprint density at radius 1 is 1.33 bits per heavy atom. The van der Waals surface area contributed by atoms with Crippen LogP contribution in [-0.4, -0.2) is 36.2 Å². The Morgan fingerprint density at radius 3 is 2.43 bits per heavy atom. The molecule has 1 fully saturated rings. The van der Waals surface area contributed by atoms with Crippen molar-refractivity contribution in [1.29, 1.82) is 0 Å². The van der Waals surface area contributed by atoms with Crippen molar-refractivity contribution in [3.05, 3.63) is 39.9 Å². The molecule has 0 saturated carbocycles. The maximum absolute atomic E-state index is 10.3. The second-order valence-electron chi connectivity index (χ2n) is 5.03. The van der Waals surface area contributed by atoms with Gasteiger partial charge in [0.25, 0.3) is 0 Å². The van der Waals surface area contributed by atoms with Gasteiger partial charge >= 0.3 is 0 Å². The van der Waals surface area contributed by atoms with Gasteiger partial charge < -0.3 is 10.4 Å². The summed E-state index contributed by atoms with van der Waals surface area (Å²) >= 11 is 3.61. The molecule has 1 aliphatic heterocycles. The molecule has 0 aromatic heterocycles. The molecule has 1 aliphatic rings. The van der Waals surface area contributed by atoms with Crippen LogP contribution >= 0.6 is 40.7 Å². The number of aromatic hydroxyl groups is 1. The lowest BCUT2D eigenvalue weighted by Gasteiger charge is -2.34. The van der Waals surface area contributed by atoms with Crippen LogP contribution in [0.15, 0.2) is 23.2 Å². The summed E-state index contributed by atoms with van der Waals surface area (Å²) in [6, 6.07) is 1.89. The summed E-state index contributed by atoms with van der Waals surface area (Å²) in [6.07, 6.45) is 1.93. The lowest BCUT2D eigenvalue weighted by atomic mass is 9.96. The van der Waals surface area contributed by atoms with E-state index in [1.165, 1.54) is 0 Å². The summed E-state index contributed by atoms with van der Waals surface area (Å²) in [6.45, 7) is 11.9. The Balaban J connectivity index is 0.00000200. The monoisotopic (exact) mass is 396 g/mol. The molecular weight excluding hydrogens is 375 g/mol. The van der Waals surface area contributed by atoms with Crippen molar-refractivity contribution in [3.8, 4) is 5.75 Å². The van der Waals surface area contributed by atoms with Crippen molar-refractivity contribution in [1.82, 2.24) is 10.2 Å². The molecule has 1 aromatic rings. The standard InChI is InChI=1S/C15H21BrN2O.2ClH/c1-4-12(18-7-5-17-6-8-18)14-11(3)15(16)10(2)9-13(14)19;;/h4,9,12,17,19H,1,5-8H2,2-3H3;2*1H/t12-;;/m1../s1. The molecule has 0 unspecified atom stereocenters. The van der Waals surface area contributed by atoms with Crippen molar-refractivity contribution in [2.45, 2.75) is 19.9 Å². The summed E-state index contributed by atoms with van der Waals surface area (Å²) in [4.78, 5) is 2.35. The zero-order chi connectivity index (χ0) is 14.0. The van der Waals surface area contributed by atoms with Crippen LogP contribution in [0.3, 0.4) is 0 Å². The fraction of sp³-hybridized carbons (Fsp3) is 0.467. The Kier molecular flexibility index (Phi) is 8.90. The molecule has 1 aromatic carbocycles. The second-order valence-corrected chi connectivity index (χ2v) is 5.82. The highest BCUT2D eigenvalue weighted by Crippen LogP contribution is 2.38. The third kappa shape index (κ3) is 4.36. The molecule has 0 aliphatic carbocycles. The summed E-state index contributed by atoms with van der Waals surface area (Å²) in [5.74, 6) is 0.363. The number of rotatable bonds is 3. The number of phenolic OH excluding ortho intramolecular Hbond substituents is 1. The number of halogens is 3. The molecule has 2 rings (SSSR count). The summed E-state index contributed by atoms with van der Waals surface area (Å²) < 4.78 is 1.07. The Bertz CT molecular complexity index is 491. The molecular formula is C15H23BrCl2N2O. The molecule has 2 N–H and O–H groups in total. The average molecular weight is 398 g/mol. The van der Waals surface area contributed by atoms with E-state index < -0.39 is 0 Å². The van der Waals surface area contributed by atoms with Crippen molar-refractivity contribution in [2.75, 3.05) is 26.2 Å². The first-order valence-corrected chi connectivity index (χ1v) is 7.41. The first-order valence-electron chi connectivity index (χ1n) is 6.62. The number of nitrogens with zero attached hydrogens (tertiary/aromatic N) is 1. The minimum Gasteiger partial charge on any atom is -0.508 e. The van der Waals surface area contributed by atoms with Crippen LogP contribution in [0.2, 0.25) is 0 Å². The third-order valence-corrected chi connectivity index (χ3v) is 4.99. The van der Waals surface area contributed by atoms with Crippen LogP contribution in [0.5, 0.6) is 5.75 Å². The van der Waals surface area contributed by atoms with Crippen LogP contribution in [0.25, 0.3) is 0 Å². The van der Waals surface area contributed by atoms with Crippen LogP contribution in [0.1, 0.15) is 22.7 Å². The predicted molar refractivity (Wildman–Crippen MR) is 97.2 cm³/mol. The molecule has 0 bridgehead atoms. The van der Waals surface area contributed by atoms with E-state index in [4.69, 9.17) is 0 Å². The second kappa shape index (κ2) is 9.01. The van der Waals surface area contributed by atoms with Crippen molar-refractivity contribution in [2.24, 2.45) is 0 Å². The molecule has 0 spiro atoms. The van der Waals surface area contributed by atoms with Gasteiger partial charge in [-0.15, -0.1) is 31.4 Å². The van der Waals surface area contributed by atoms with E-state index in [1.807, 2.05) is 26.0 Å². The zero-order valence-corrected chi connectivity index (χ0v) is 15.6. The van der Waals surface area contributed by atoms with E-state index in [0.29, 0.717) is 5.75 Å². The van der Waals surface area contributed by atoms with Gasteiger partial charge in [0.2, 0.25) is 0 Å². The molecule has 3 nitrogen and oxygen atoms in total. The third-order valence-electron chi connectivity index (χ3n) is 3.77. The van der Waals surface area contributed by atoms with Crippen LogP contribution in [0, 0.1) is 13.8 Å². The smallest absolute Gasteiger partial charge is 0.121 e. The van der Waals surface area contributed by atoms with Gasteiger partial charge in [-0.1, -0.05) is 22.0 Å². The quantitative estimate of drug-likeness (QED) is 0.762. The van der Waals surface area contributed by atoms with Crippen molar-refractivity contribution in [3.63, 3.8) is 0 Å². The lowest BCUT2D eigenvalue weighted by Crippen LogP contribution is -2.44. The molecule has 0 radical (unpaired) electrons. The molecule has 1 atom stereocenters. The van der Waals surface area contributed by atoms with Gasteiger partial charge in [0.15, 0.2) is 0 Å². The average Bonchev–Trinajstić information content (AvgIpc) is 2.42. The summed E-state index contributed by atoms with van der Waals surface area (Å²) in [5.41, 5.74) is 3.12. The Hall–Kier alpha value is -0.260.